The van der Waals surface area contributed by atoms with Crippen LogP contribution in [0.5, 0.6) is 5.75 Å². The number of sulfonamides is 1. The number of para-hydroxylation sites is 1. The Morgan fingerprint density at radius 1 is 1.20 bits per heavy atom. The highest BCUT2D eigenvalue weighted by Gasteiger charge is 2.26. The summed E-state index contributed by atoms with van der Waals surface area (Å²) in [5.74, 6) is -2.14. The van der Waals surface area contributed by atoms with Crippen LogP contribution >= 0.6 is 0 Å². The molecule has 2 N–H and O–H groups in total. The minimum absolute atomic E-state index is 0.0265. The Kier molecular flexibility index (Phi) is 7.57. The third-order valence-electron chi connectivity index (χ3n) is 4.36. The number of hydrogen-bond acceptors (Lipinski definition) is 5. The number of aromatic nitrogens is 1. The lowest BCUT2D eigenvalue weighted by molar-refractivity contribution is -0.128. The summed E-state index contributed by atoms with van der Waals surface area (Å²) in [6.07, 6.45) is 0.239. The summed E-state index contributed by atoms with van der Waals surface area (Å²) in [4.78, 5) is 24.5. The van der Waals surface area contributed by atoms with Crippen LogP contribution in [-0.4, -0.2) is 48.3 Å². The SMILES string of the molecule is CCN(CC)S(=O)(=O)c1cc(C(=O)NNC(=O)C(C)Oc2ccccc2F)n(C)c1. The van der Waals surface area contributed by atoms with E-state index in [0.717, 1.165) is 0 Å². The standard InChI is InChI=1S/C19H25FN4O5S/c1-5-24(6-2)30(27,28)14-11-16(23(4)12-14)19(26)22-21-18(25)13(3)29-17-10-8-7-9-15(17)20/h7-13H,5-6H2,1-4H3,(H,21,25)(H,22,26). The van der Waals surface area contributed by atoms with Gasteiger partial charge in [0.2, 0.25) is 10.0 Å². The van der Waals surface area contributed by atoms with Crippen molar-refractivity contribution in [2.75, 3.05) is 13.1 Å². The highest BCUT2D eigenvalue weighted by molar-refractivity contribution is 7.89. The molecule has 0 fully saturated rings. The monoisotopic (exact) mass is 440 g/mol. The Morgan fingerprint density at radius 2 is 1.83 bits per heavy atom. The first-order valence-electron chi connectivity index (χ1n) is 9.29. The van der Waals surface area contributed by atoms with Gasteiger partial charge in [-0.3, -0.25) is 20.4 Å². The van der Waals surface area contributed by atoms with E-state index < -0.39 is 33.8 Å². The van der Waals surface area contributed by atoms with E-state index in [-0.39, 0.29) is 16.3 Å². The van der Waals surface area contributed by atoms with Gasteiger partial charge in [0, 0.05) is 26.3 Å². The zero-order chi connectivity index (χ0) is 22.5. The molecule has 0 aliphatic rings. The van der Waals surface area contributed by atoms with E-state index in [2.05, 4.69) is 10.9 Å². The molecule has 0 spiro atoms. The number of rotatable bonds is 8. The van der Waals surface area contributed by atoms with Gasteiger partial charge in [0.25, 0.3) is 11.8 Å². The van der Waals surface area contributed by atoms with E-state index in [4.69, 9.17) is 4.74 Å². The summed E-state index contributed by atoms with van der Waals surface area (Å²) in [5.41, 5.74) is 4.41. The van der Waals surface area contributed by atoms with Gasteiger partial charge in [-0.25, -0.2) is 12.8 Å². The van der Waals surface area contributed by atoms with Crippen LogP contribution in [0.1, 0.15) is 31.3 Å². The van der Waals surface area contributed by atoms with Crippen LogP contribution in [-0.2, 0) is 21.9 Å². The first-order chi connectivity index (χ1) is 14.1. The normalized spacial score (nSPS) is 12.5. The lowest BCUT2D eigenvalue weighted by Gasteiger charge is -2.17. The van der Waals surface area contributed by atoms with E-state index in [9.17, 15) is 22.4 Å². The van der Waals surface area contributed by atoms with Crippen LogP contribution in [0.3, 0.4) is 0 Å². The van der Waals surface area contributed by atoms with Crippen LogP contribution in [0.25, 0.3) is 0 Å². The van der Waals surface area contributed by atoms with Gasteiger partial charge in [0.15, 0.2) is 17.7 Å². The molecule has 0 radical (unpaired) electrons. The molecule has 30 heavy (non-hydrogen) atoms. The summed E-state index contributed by atoms with van der Waals surface area (Å²) in [7, 11) is -2.21. The van der Waals surface area contributed by atoms with Gasteiger partial charge in [-0.05, 0) is 25.1 Å². The lowest BCUT2D eigenvalue weighted by atomic mass is 10.3. The second-order valence-corrected chi connectivity index (χ2v) is 8.33. The van der Waals surface area contributed by atoms with Gasteiger partial charge in [-0.1, -0.05) is 26.0 Å². The Hall–Kier alpha value is -2.92. The molecule has 1 unspecified atom stereocenters. The summed E-state index contributed by atoms with van der Waals surface area (Å²) in [5, 5.41) is 0. The molecule has 2 rings (SSSR count). The van der Waals surface area contributed by atoms with Gasteiger partial charge < -0.3 is 9.30 Å². The van der Waals surface area contributed by atoms with Crippen LogP contribution in [0.15, 0.2) is 41.4 Å². The topological polar surface area (TPSA) is 110 Å². The molecule has 2 aromatic rings. The molecule has 1 heterocycles. The fourth-order valence-corrected chi connectivity index (χ4v) is 4.21. The van der Waals surface area contributed by atoms with Crippen molar-refractivity contribution >= 4 is 21.8 Å². The number of nitrogens with zero attached hydrogens (tertiary/aromatic N) is 2. The highest BCUT2D eigenvalue weighted by Crippen LogP contribution is 2.19. The molecule has 2 amide bonds. The van der Waals surface area contributed by atoms with Crippen LogP contribution in [0.2, 0.25) is 0 Å². The fraction of sp³-hybridized carbons (Fsp3) is 0.368. The molecule has 11 heteroatoms. The van der Waals surface area contributed by atoms with Crippen molar-refractivity contribution < 1.29 is 27.1 Å². The van der Waals surface area contributed by atoms with E-state index in [1.165, 1.54) is 53.3 Å². The van der Waals surface area contributed by atoms with Crippen molar-refractivity contribution in [3.63, 3.8) is 0 Å². The molecular formula is C19H25FN4O5S. The van der Waals surface area contributed by atoms with Crippen molar-refractivity contribution in [3.8, 4) is 5.75 Å². The van der Waals surface area contributed by atoms with Gasteiger partial charge in [0.05, 0.1) is 0 Å². The highest BCUT2D eigenvalue weighted by atomic mass is 32.2. The molecule has 0 saturated carbocycles. The molecular weight excluding hydrogens is 415 g/mol. The number of hydrogen-bond donors (Lipinski definition) is 2. The van der Waals surface area contributed by atoms with Gasteiger partial charge in [0.1, 0.15) is 10.6 Å². The van der Waals surface area contributed by atoms with E-state index in [1.54, 1.807) is 19.9 Å². The van der Waals surface area contributed by atoms with E-state index in [0.29, 0.717) is 13.1 Å². The third kappa shape index (κ3) is 5.16. The van der Waals surface area contributed by atoms with Crippen molar-refractivity contribution in [2.24, 2.45) is 7.05 Å². The van der Waals surface area contributed by atoms with Gasteiger partial charge in [-0.2, -0.15) is 4.31 Å². The average Bonchev–Trinajstić information content (AvgIpc) is 3.11. The number of halogens is 1. The molecule has 164 valence electrons. The first-order valence-corrected chi connectivity index (χ1v) is 10.7. The number of nitrogens with one attached hydrogen (secondary N) is 2. The van der Waals surface area contributed by atoms with Crippen molar-refractivity contribution in [2.45, 2.75) is 31.8 Å². The Morgan fingerprint density at radius 3 is 2.43 bits per heavy atom. The zero-order valence-electron chi connectivity index (χ0n) is 17.2. The lowest BCUT2D eigenvalue weighted by Crippen LogP contribution is -2.47. The molecule has 0 saturated heterocycles. The number of ether oxygens (including phenoxy) is 1. The maximum absolute atomic E-state index is 13.6. The summed E-state index contributed by atoms with van der Waals surface area (Å²) in [6, 6.07) is 6.85. The number of benzene rings is 1. The molecule has 1 aromatic heterocycles. The maximum atomic E-state index is 13.6. The van der Waals surface area contributed by atoms with Gasteiger partial charge >= 0.3 is 0 Å². The predicted octanol–water partition coefficient (Wildman–Crippen LogP) is 1.42. The molecule has 0 aliphatic heterocycles. The van der Waals surface area contributed by atoms with Crippen LogP contribution in [0, 0.1) is 5.82 Å². The first kappa shape index (κ1) is 23.4. The molecule has 9 nitrogen and oxygen atoms in total. The third-order valence-corrected chi connectivity index (χ3v) is 6.38. The van der Waals surface area contributed by atoms with E-state index >= 15 is 0 Å². The number of hydrazine groups is 1. The minimum atomic E-state index is -3.73. The second kappa shape index (κ2) is 9.72. The zero-order valence-corrected chi connectivity index (χ0v) is 18.0. The smallest absolute Gasteiger partial charge is 0.286 e. The van der Waals surface area contributed by atoms with Crippen LogP contribution in [0.4, 0.5) is 4.39 Å². The Balaban J connectivity index is 2.04. The molecule has 0 aliphatic carbocycles. The van der Waals surface area contributed by atoms with Crippen molar-refractivity contribution in [3.05, 3.63) is 48.0 Å². The summed E-state index contributed by atoms with van der Waals surface area (Å²) >= 11 is 0. The summed E-state index contributed by atoms with van der Waals surface area (Å²) < 4.78 is 46.7. The molecule has 0 bridgehead atoms. The maximum Gasteiger partial charge on any atom is 0.286 e. The van der Waals surface area contributed by atoms with Crippen LogP contribution < -0.4 is 15.6 Å². The Labute approximate surface area is 174 Å². The minimum Gasteiger partial charge on any atom is -0.478 e. The number of aryl methyl sites for hydroxylation is 1. The van der Waals surface area contributed by atoms with Gasteiger partial charge in [-0.15, -0.1) is 0 Å². The largest absolute Gasteiger partial charge is 0.478 e. The van der Waals surface area contributed by atoms with E-state index in [1.807, 2.05) is 0 Å². The second-order valence-electron chi connectivity index (χ2n) is 6.40. The molecule has 1 aromatic carbocycles. The van der Waals surface area contributed by atoms with Crippen molar-refractivity contribution in [1.82, 2.24) is 19.7 Å². The fourth-order valence-electron chi connectivity index (χ4n) is 2.68. The number of carbonyl (C=O) groups is 2. The summed E-state index contributed by atoms with van der Waals surface area (Å²) in [6.45, 7) is 5.43. The quantitative estimate of drug-likeness (QED) is 0.604. The number of carbonyl (C=O) groups excluding carboxylic acids is 2. The average molecular weight is 440 g/mol. The Bertz CT molecular complexity index is 1020. The van der Waals surface area contributed by atoms with Crippen molar-refractivity contribution in [1.29, 1.82) is 0 Å². The molecule has 1 atom stereocenters. The predicted molar refractivity (Wildman–Crippen MR) is 108 cm³/mol. The number of amides is 2.